The van der Waals surface area contributed by atoms with Crippen LogP contribution in [-0.2, 0) is 19.5 Å². The molecule has 1 unspecified atom stereocenters. The molecule has 48 heavy (non-hydrogen) atoms. The first-order chi connectivity index (χ1) is 22.9. The van der Waals surface area contributed by atoms with Crippen molar-refractivity contribution in [1.29, 1.82) is 0 Å². The Bertz CT molecular complexity index is 1690. The summed E-state index contributed by atoms with van der Waals surface area (Å²) in [6, 6.07) is 5.31. The SMILES string of the molecule is COCC#C[C@]1(OC)/C=C/C[C@H](C)[C@@H](C)S(=O)(=O)NC(=O)c2ccc3c(c2)N(C[C@@H]2CC[C@H]21)C[C@@]1(CCCC2=CC(Cl)=CCC21C)CO3. The average molecular weight is 697 g/mol. The van der Waals surface area contributed by atoms with Crippen molar-refractivity contribution >= 4 is 33.2 Å². The number of halogens is 1. The second kappa shape index (κ2) is 13.5. The molecule has 0 radical (unpaired) electrons. The van der Waals surface area contributed by atoms with Crippen molar-refractivity contribution in [3.63, 3.8) is 0 Å². The van der Waals surface area contributed by atoms with Gasteiger partial charge in [-0.15, -0.1) is 0 Å². The number of fused-ring (bicyclic) bond motifs is 4. The highest BCUT2D eigenvalue weighted by atomic mass is 35.5. The summed E-state index contributed by atoms with van der Waals surface area (Å²) in [6.07, 6.45) is 14.7. The smallest absolute Gasteiger partial charge is 0.264 e. The molecule has 2 bridgehead atoms. The van der Waals surface area contributed by atoms with Crippen LogP contribution in [0.1, 0.15) is 76.1 Å². The van der Waals surface area contributed by atoms with Gasteiger partial charge in [-0.25, -0.2) is 13.1 Å². The van der Waals surface area contributed by atoms with Gasteiger partial charge < -0.3 is 19.1 Å². The van der Waals surface area contributed by atoms with Crippen LogP contribution in [0.4, 0.5) is 5.69 Å². The van der Waals surface area contributed by atoms with Gasteiger partial charge in [0.05, 0.1) is 17.5 Å². The number of nitrogens with zero attached hydrogens (tertiary/aromatic N) is 1. The number of anilines is 1. The fourth-order valence-corrected chi connectivity index (χ4v) is 10.1. The van der Waals surface area contributed by atoms with E-state index in [1.807, 2.05) is 31.2 Å². The highest BCUT2D eigenvalue weighted by Crippen LogP contribution is 2.60. The van der Waals surface area contributed by atoms with E-state index in [1.54, 1.807) is 27.2 Å². The lowest BCUT2D eigenvalue weighted by Gasteiger charge is -2.55. The maximum absolute atomic E-state index is 13.6. The predicted molar refractivity (Wildman–Crippen MR) is 190 cm³/mol. The van der Waals surface area contributed by atoms with Crippen LogP contribution in [0.5, 0.6) is 5.75 Å². The molecule has 5 aliphatic rings. The molecule has 0 saturated heterocycles. The van der Waals surface area contributed by atoms with Gasteiger partial charge in [-0.2, -0.15) is 0 Å². The average Bonchev–Trinajstić information content (AvgIpc) is 3.20. The number of carbonyl (C=O) groups is 1. The largest absolute Gasteiger partial charge is 0.491 e. The van der Waals surface area contributed by atoms with E-state index in [1.165, 1.54) is 5.57 Å². The van der Waals surface area contributed by atoms with Crippen LogP contribution in [0.3, 0.4) is 0 Å². The van der Waals surface area contributed by atoms with Crippen molar-refractivity contribution in [1.82, 2.24) is 4.72 Å². The van der Waals surface area contributed by atoms with Crippen LogP contribution < -0.4 is 14.4 Å². The normalized spacial score (nSPS) is 36.7. The molecular weight excluding hydrogens is 648 g/mol. The van der Waals surface area contributed by atoms with Crippen molar-refractivity contribution in [3.8, 4) is 17.6 Å². The van der Waals surface area contributed by atoms with E-state index >= 15 is 0 Å². The fraction of sp³-hybridized carbons (Fsp3) is 0.605. The molecule has 2 aliphatic heterocycles. The van der Waals surface area contributed by atoms with E-state index < -0.39 is 26.8 Å². The Morgan fingerprint density at radius 3 is 2.75 bits per heavy atom. The lowest BCUT2D eigenvalue weighted by Crippen LogP contribution is -2.56. The molecule has 1 aromatic carbocycles. The fourth-order valence-electron chi connectivity index (χ4n) is 8.65. The van der Waals surface area contributed by atoms with Crippen molar-refractivity contribution < 1.29 is 27.4 Å². The highest BCUT2D eigenvalue weighted by molar-refractivity contribution is 7.90. The van der Waals surface area contributed by atoms with Crippen LogP contribution in [0.15, 0.2) is 53.1 Å². The second-order valence-corrected chi connectivity index (χ2v) is 17.2. The Morgan fingerprint density at radius 1 is 1.21 bits per heavy atom. The molecule has 3 aliphatic carbocycles. The highest BCUT2D eigenvalue weighted by Gasteiger charge is 2.55. The lowest BCUT2D eigenvalue weighted by molar-refractivity contribution is -0.0368. The van der Waals surface area contributed by atoms with Gasteiger partial charge in [0.2, 0.25) is 10.0 Å². The zero-order valence-corrected chi connectivity index (χ0v) is 30.4. The molecule has 1 amide bonds. The molecule has 0 aromatic heterocycles. The summed E-state index contributed by atoms with van der Waals surface area (Å²) in [6.45, 7) is 8.16. The van der Waals surface area contributed by atoms with Gasteiger partial charge in [0.1, 0.15) is 18.0 Å². The number of amides is 1. The van der Waals surface area contributed by atoms with Gasteiger partial charge in [-0.3, -0.25) is 4.79 Å². The first-order valence-electron chi connectivity index (χ1n) is 17.2. The Morgan fingerprint density at radius 2 is 2.02 bits per heavy atom. The van der Waals surface area contributed by atoms with E-state index in [0.717, 1.165) is 62.3 Å². The minimum Gasteiger partial charge on any atom is -0.491 e. The van der Waals surface area contributed by atoms with Gasteiger partial charge in [-0.05, 0) is 94.1 Å². The van der Waals surface area contributed by atoms with Crippen LogP contribution in [0.2, 0.25) is 0 Å². The quantitative estimate of drug-likeness (QED) is 0.275. The molecule has 8 nitrogen and oxygen atoms in total. The Labute approximate surface area is 291 Å². The summed E-state index contributed by atoms with van der Waals surface area (Å²) in [5, 5.41) is -0.00706. The standard InChI is InChI=1S/C38H49ClN2O6S/c1-26-9-6-17-38(46-5,18-8-20-45-4)32-13-11-29(32)23-41-24-37(16-7-10-30-22-31(39)15-19-36(30,37)3)25-47-34-14-12-28(21-33(34)41)35(42)40-48(43,44)27(26)2/h6,12,14-15,17,21-22,26-27,29,32H,7,9-11,13,16,19-20,23-25H2,1-5H3,(H,40,42)/b17-6+/t26-,27+,29-,32+,36?,37-,38+/m0/s1. The molecule has 260 valence electrons. The number of methoxy groups -OCH3 is 2. The van der Waals surface area contributed by atoms with Crippen molar-refractivity contribution in [2.45, 2.75) is 76.6 Å². The zero-order chi connectivity index (χ0) is 34.3. The Kier molecular flexibility index (Phi) is 9.87. The Hall–Kier alpha value is -2.77. The maximum Gasteiger partial charge on any atom is 0.264 e. The van der Waals surface area contributed by atoms with E-state index in [2.05, 4.69) is 40.5 Å². The van der Waals surface area contributed by atoms with Crippen LogP contribution in [0, 0.1) is 40.4 Å². The van der Waals surface area contributed by atoms with Gasteiger partial charge >= 0.3 is 0 Å². The van der Waals surface area contributed by atoms with Crippen LogP contribution in [0.25, 0.3) is 0 Å². The number of nitrogens with one attached hydrogen (secondary N) is 1. The zero-order valence-electron chi connectivity index (χ0n) is 28.8. The maximum atomic E-state index is 13.6. The molecule has 2 saturated carbocycles. The van der Waals surface area contributed by atoms with Gasteiger partial charge in [0, 0.05) is 54.7 Å². The monoisotopic (exact) mass is 696 g/mol. The van der Waals surface area contributed by atoms with E-state index in [4.69, 9.17) is 25.8 Å². The first kappa shape index (κ1) is 35.1. The summed E-state index contributed by atoms with van der Waals surface area (Å²) in [7, 11) is -0.626. The van der Waals surface area contributed by atoms with Crippen molar-refractivity contribution in [2.24, 2.45) is 28.6 Å². The van der Waals surface area contributed by atoms with Gasteiger partial charge in [0.15, 0.2) is 0 Å². The summed E-state index contributed by atoms with van der Waals surface area (Å²) in [5.74, 6) is 6.76. The molecule has 1 N–H and O–H groups in total. The van der Waals surface area contributed by atoms with E-state index in [-0.39, 0.29) is 35.2 Å². The third-order valence-corrected chi connectivity index (χ3v) is 14.4. The molecule has 2 fully saturated rings. The van der Waals surface area contributed by atoms with E-state index in [0.29, 0.717) is 24.3 Å². The molecule has 7 atom stereocenters. The summed E-state index contributed by atoms with van der Waals surface area (Å²) >= 11 is 6.55. The second-order valence-electron chi connectivity index (χ2n) is 14.8. The molecular formula is C38H49ClN2O6S. The van der Waals surface area contributed by atoms with Crippen molar-refractivity contribution in [3.05, 3.63) is 58.7 Å². The number of ether oxygens (including phenoxy) is 3. The van der Waals surface area contributed by atoms with Crippen molar-refractivity contribution in [2.75, 3.05) is 45.4 Å². The lowest BCUT2D eigenvalue weighted by atomic mass is 9.52. The third kappa shape index (κ3) is 6.23. The number of benzene rings is 1. The molecule has 10 heteroatoms. The minimum atomic E-state index is -3.96. The number of allylic oxidation sites excluding steroid dienone is 5. The molecule has 2 heterocycles. The van der Waals surface area contributed by atoms with Crippen LogP contribution >= 0.6 is 11.6 Å². The molecule has 6 rings (SSSR count). The Balaban J connectivity index is 1.47. The van der Waals surface area contributed by atoms with E-state index in [9.17, 15) is 13.2 Å². The molecule has 1 spiro atoms. The first-order valence-corrected chi connectivity index (χ1v) is 19.2. The summed E-state index contributed by atoms with van der Waals surface area (Å²) in [4.78, 5) is 16.0. The number of carbonyl (C=O) groups excluding carboxylic acids is 1. The topological polar surface area (TPSA) is 94.2 Å². The minimum absolute atomic E-state index is 0.108. The number of hydrogen-bond acceptors (Lipinski definition) is 7. The number of rotatable bonds is 2. The summed E-state index contributed by atoms with van der Waals surface area (Å²) < 4.78 is 47.6. The van der Waals surface area contributed by atoms with Crippen LogP contribution in [-0.4, -0.2) is 65.7 Å². The number of hydrogen-bond donors (Lipinski definition) is 1. The predicted octanol–water partition coefficient (Wildman–Crippen LogP) is 6.62. The molecule has 1 aromatic rings. The number of sulfonamides is 1. The van der Waals surface area contributed by atoms with Gasteiger partial charge in [-0.1, -0.05) is 55.0 Å². The summed E-state index contributed by atoms with van der Waals surface area (Å²) in [5.41, 5.74) is 1.26. The third-order valence-electron chi connectivity index (χ3n) is 12.2. The van der Waals surface area contributed by atoms with Gasteiger partial charge in [0.25, 0.3) is 5.91 Å².